The van der Waals surface area contributed by atoms with Gasteiger partial charge in [-0.1, -0.05) is 42.5 Å². The topological polar surface area (TPSA) is 59.1 Å². The van der Waals surface area contributed by atoms with Crippen LogP contribution < -0.4 is 9.47 Å². The van der Waals surface area contributed by atoms with Crippen molar-refractivity contribution in [3.8, 4) is 11.5 Å². The largest absolute Gasteiger partial charge is 0.454 e. The van der Waals surface area contributed by atoms with Crippen LogP contribution in [-0.2, 0) is 17.9 Å². The molecular formula is C29H26N2O4S. The third-order valence-corrected chi connectivity index (χ3v) is 7.50. The zero-order chi connectivity index (χ0) is 24.5. The van der Waals surface area contributed by atoms with Crippen molar-refractivity contribution in [3.63, 3.8) is 0 Å². The molecule has 1 aliphatic carbocycles. The Morgan fingerprint density at radius 2 is 1.69 bits per heavy atom. The van der Waals surface area contributed by atoms with Gasteiger partial charge in [0.15, 0.2) is 11.5 Å². The van der Waals surface area contributed by atoms with Gasteiger partial charge in [-0.3, -0.25) is 9.59 Å². The van der Waals surface area contributed by atoms with Crippen molar-refractivity contribution in [1.29, 1.82) is 0 Å². The summed E-state index contributed by atoms with van der Waals surface area (Å²) in [5.41, 5.74) is 1.58. The first-order chi connectivity index (χ1) is 17.6. The summed E-state index contributed by atoms with van der Waals surface area (Å²) in [6.45, 7) is 1.19. The van der Waals surface area contributed by atoms with Gasteiger partial charge < -0.3 is 19.3 Å². The number of hydrogen-bond acceptors (Lipinski definition) is 5. The second-order valence-corrected chi connectivity index (χ2v) is 10.3. The predicted molar refractivity (Wildman–Crippen MR) is 139 cm³/mol. The van der Waals surface area contributed by atoms with E-state index in [1.54, 1.807) is 16.2 Å². The van der Waals surface area contributed by atoms with E-state index in [0.29, 0.717) is 24.4 Å². The van der Waals surface area contributed by atoms with Crippen molar-refractivity contribution in [3.05, 3.63) is 94.2 Å². The highest BCUT2D eigenvalue weighted by Gasteiger charge is 2.35. The van der Waals surface area contributed by atoms with E-state index in [4.69, 9.17) is 9.47 Å². The van der Waals surface area contributed by atoms with Crippen LogP contribution in [0.4, 0.5) is 0 Å². The van der Waals surface area contributed by atoms with Gasteiger partial charge in [0, 0.05) is 23.0 Å². The maximum absolute atomic E-state index is 13.7. The fraction of sp³-hybridized carbons (Fsp3) is 0.241. The average Bonchev–Trinajstić information content (AvgIpc) is 3.40. The number of hydrogen-bond donors (Lipinski definition) is 0. The first-order valence-electron chi connectivity index (χ1n) is 12.1. The van der Waals surface area contributed by atoms with E-state index in [1.165, 1.54) is 0 Å². The van der Waals surface area contributed by atoms with Gasteiger partial charge in [0.25, 0.3) is 5.91 Å². The van der Waals surface area contributed by atoms with Gasteiger partial charge >= 0.3 is 0 Å². The molecule has 1 saturated carbocycles. The van der Waals surface area contributed by atoms with E-state index in [0.717, 1.165) is 39.8 Å². The summed E-state index contributed by atoms with van der Waals surface area (Å²) in [4.78, 5) is 31.9. The third kappa shape index (κ3) is 4.79. The molecule has 182 valence electrons. The van der Waals surface area contributed by atoms with Crippen molar-refractivity contribution in [1.82, 2.24) is 9.80 Å². The predicted octanol–water partition coefficient (Wildman–Crippen LogP) is 5.46. The minimum absolute atomic E-state index is 0.0618. The molecule has 0 N–H and O–H groups in total. The molecule has 0 bridgehead atoms. The number of nitrogens with zero attached hydrogens (tertiary/aromatic N) is 2. The SMILES string of the molecule is O=C(CN(C(=O)c1ccc2ccccc2c1)C1CC1)N(Cc1ccc2c(c1)OCO2)Cc1cccs1. The van der Waals surface area contributed by atoms with Gasteiger partial charge in [0.1, 0.15) is 6.54 Å². The molecule has 2 heterocycles. The van der Waals surface area contributed by atoms with Gasteiger partial charge in [-0.15, -0.1) is 11.3 Å². The van der Waals surface area contributed by atoms with Crippen LogP contribution in [-0.4, -0.2) is 41.0 Å². The van der Waals surface area contributed by atoms with Gasteiger partial charge in [-0.05, 0) is 64.9 Å². The Balaban J connectivity index is 1.23. The van der Waals surface area contributed by atoms with Crippen LogP contribution in [0, 0.1) is 0 Å². The van der Waals surface area contributed by atoms with Crippen LogP contribution in [0.3, 0.4) is 0 Å². The summed E-state index contributed by atoms with van der Waals surface area (Å²) in [5.74, 6) is 1.26. The van der Waals surface area contributed by atoms with E-state index < -0.39 is 0 Å². The summed E-state index contributed by atoms with van der Waals surface area (Å²) < 4.78 is 11.0. The molecule has 4 aromatic rings. The second-order valence-electron chi connectivity index (χ2n) is 9.24. The Morgan fingerprint density at radius 3 is 2.50 bits per heavy atom. The fourth-order valence-electron chi connectivity index (χ4n) is 4.57. The zero-order valence-electron chi connectivity index (χ0n) is 19.8. The number of fused-ring (bicyclic) bond motifs is 2. The van der Waals surface area contributed by atoms with Crippen molar-refractivity contribution in [2.75, 3.05) is 13.3 Å². The summed E-state index contributed by atoms with van der Waals surface area (Å²) in [5, 5.41) is 4.12. The van der Waals surface area contributed by atoms with Gasteiger partial charge in [0.2, 0.25) is 12.7 Å². The first-order valence-corrected chi connectivity index (χ1v) is 13.0. The number of rotatable bonds is 8. The smallest absolute Gasteiger partial charge is 0.254 e. The molecular weight excluding hydrogens is 472 g/mol. The Morgan fingerprint density at radius 1 is 0.861 bits per heavy atom. The number of benzene rings is 3. The molecule has 6 nitrogen and oxygen atoms in total. The Bertz CT molecular complexity index is 1410. The van der Waals surface area contributed by atoms with E-state index in [2.05, 4.69) is 0 Å². The Labute approximate surface area is 213 Å². The van der Waals surface area contributed by atoms with Gasteiger partial charge in [-0.25, -0.2) is 0 Å². The highest BCUT2D eigenvalue weighted by molar-refractivity contribution is 7.09. The lowest BCUT2D eigenvalue weighted by atomic mass is 10.1. The average molecular weight is 499 g/mol. The lowest BCUT2D eigenvalue weighted by Gasteiger charge is -2.28. The molecule has 0 saturated heterocycles. The maximum atomic E-state index is 13.7. The quantitative estimate of drug-likeness (QED) is 0.324. The number of carbonyl (C=O) groups excluding carboxylic acids is 2. The Hall–Kier alpha value is -3.84. The standard InChI is InChI=1S/C29H26N2O4S/c32-28(18-31(24-10-11-24)29(33)23-9-8-21-4-1-2-5-22(21)15-23)30(17-25-6-3-13-36-25)16-20-7-12-26-27(14-20)35-19-34-26/h1-9,12-15,24H,10-11,16-19H2. The monoisotopic (exact) mass is 498 g/mol. The van der Waals surface area contributed by atoms with Crippen molar-refractivity contribution in [2.45, 2.75) is 32.0 Å². The van der Waals surface area contributed by atoms with E-state index in [1.807, 2.05) is 83.1 Å². The molecule has 36 heavy (non-hydrogen) atoms. The molecule has 0 atom stereocenters. The van der Waals surface area contributed by atoms with E-state index >= 15 is 0 Å². The molecule has 6 rings (SSSR count). The molecule has 7 heteroatoms. The third-order valence-electron chi connectivity index (χ3n) is 6.64. The second kappa shape index (κ2) is 9.66. The van der Waals surface area contributed by atoms with E-state index in [-0.39, 0.29) is 31.2 Å². The van der Waals surface area contributed by atoms with Crippen molar-refractivity contribution >= 4 is 33.9 Å². The fourth-order valence-corrected chi connectivity index (χ4v) is 5.29. The van der Waals surface area contributed by atoms with Crippen LogP contribution >= 0.6 is 11.3 Å². The molecule has 1 fully saturated rings. The lowest BCUT2D eigenvalue weighted by molar-refractivity contribution is -0.133. The number of ether oxygens (including phenoxy) is 2. The minimum Gasteiger partial charge on any atom is -0.454 e. The molecule has 2 aliphatic rings. The number of carbonyl (C=O) groups is 2. The molecule has 0 radical (unpaired) electrons. The summed E-state index contributed by atoms with van der Waals surface area (Å²) in [6, 6.07) is 23.7. The lowest BCUT2D eigenvalue weighted by Crippen LogP contribution is -2.43. The van der Waals surface area contributed by atoms with Crippen LogP contribution in [0.5, 0.6) is 11.5 Å². The normalized spacial score (nSPS) is 14.1. The molecule has 1 aliphatic heterocycles. The zero-order valence-corrected chi connectivity index (χ0v) is 20.6. The Kier molecular flexibility index (Phi) is 6.07. The minimum atomic E-state index is -0.0873. The maximum Gasteiger partial charge on any atom is 0.254 e. The molecule has 0 spiro atoms. The van der Waals surface area contributed by atoms with Crippen LogP contribution in [0.2, 0.25) is 0 Å². The molecule has 3 aromatic carbocycles. The molecule has 1 aromatic heterocycles. The van der Waals surface area contributed by atoms with E-state index in [9.17, 15) is 9.59 Å². The highest BCUT2D eigenvalue weighted by Crippen LogP contribution is 2.33. The molecule has 2 amide bonds. The van der Waals surface area contributed by atoms with Crippen LogP contribution in [0.1, 0.15) is 33.6 Å². The van der Waals surface area contributed by atoms with Crippen LogP contribution in [0.25, 0.3) is 10.8 Å². The summed E-state index contributed by atoms with van der Waals surface area (Å²) in [6.07, 6.45) is 1.86. The highest BCUT2D eigenvalue weighted by atomic mass is 32.1. The van der Waals surface area contributed by atoms with Crippen molar-refractivity contribution < 1.29 is 19.1 Å². The van der Waals surface area contributed by atoms with Crippen molar-refractivity contribution in [2.24, 2.45) is 0 Å². The first kappa shape index (κ1) is 22.6. The van der Waals surface area contributed by atoms with Gasteiger partial charge in [0.05, 0.1) is 6.54 Å². The number of thiophene rings is 1. The van der Waals surface area contributed by atoms with Gasteiger partial charge in [-0.2, -0.15) is 0 Å². The molecule has 0 unspecified atom stereocenters. The number of amides is 2. The van der Waals surface area contributed by atoms with Crippen LogP contribution in [0.15, 0.2) is 78.2 Å². The summed E-state index contributed by atoms with van der Waals surface area (Å²) >= 11 is 1.62. The summed E-state index contributed by atoms with van der Waals surface area (Å²) in [7, 11) is 0.